The first-order valence-electron chi connectivity index (χ1n) is 12.2. The van der Waals surface area contributed by atoms with E-state index >= 15 is 4.39 Å². The molecule has 202 valence electrons. The minimum absolute atomic E-state index is 0.0521. The maximum Gasteiger partial charge on any atom is 0.417 e. The van der Waals surface area contributed by atoms with Crippen molar-refractivity contribution in [3.63, 3.8) is 0 Å². The van der Waals surface area contributed by atoms with Gasteiger partial charge in [-0.3, -0.25) is 9.20 Å². The number of aryl methyl sites for hydroxylation is 1. The Kier molecular flexibility index (Phi) is 5.72. The van der Waals surface area contributed by atoms with Crippen LogP contribution >= 0.6 is 0 Å². The molecule has 9 nitrogen and oxygen atoms in total. The Morgan fingerprint density at radius 2 is 2.00 bits per heavy atom. The summed E-state index contributed by atoms with van der Waals surface area (Å²) in [6, 6.07) is 4.42. The molecule has 2 unspecified atom stereocenters. The topological polar surface area (TPSA) is 103 Å². The summed E-state index contributed by atoms with van der Waals surface area (Å²) in [5.74, 6) is -1.19. The minimum atomic E-state index is -4.51. The molecular formula is C26H23F4N7O2. The summed E-state index contributed by atoms with van der Waals surface area (Å²) in [6.45, 7) is 1.72. The van der Waals surface area contributed by atoms with Crippen LogP contribution in [-0.4, -0.2) is 53.8 Å². The van der Waals surface area contributed by atoms with Crippen molar-refractivity contribution in [3.05, 3.63) is 71.3 Å². The molecule has 1 saturated carbocycles. The Morgan fingerprint density at radius 1 is 1.21 bits per heavy atom. The number of imidazole rings is 2. The second-order valence-electron chi connectivity index (χ2n) is 9.63. The van der Waals surface area contributed by atoms with Crippen LogP contribution in [0.5, 0.6) is 0 Å². The molecule has 6 rings (SSSR count). The van der Waals surface area contributed by atoms with Crippen molar-refractivity contribution in [2.45, 2.75) is 44.6 Å². The lowest BCUT2D eigenvalue weighted by Gasteiger charge is -2.43. The van der Waals surface area contributed by atoms with E-state index in [4.69, 9.17) is 10.5 Å². The number of amides is 1. The third kappa shape index (κ3) is 4.13. The van der Waals surface area contributed by atoms with Crippen molar-refractivity contribution in [3.8, 4) is 0 Å². The highest BCUT2D eigenvalue weighted by molar-refractivity contribution is 5.99. The number of alkyl halides is 3. The number of hydrogen-bond acceptors (Lipinski definition) is 6. The van der Waals surface area contributed by atoms with E-state index in [1.54, 1.807) is 11.3 Å². The molecule has 39 heavy (non-hydrogen) atoms. The highest BCUT2D eigenvalue weighted by Crippen LogP contribution is 2.33. The number of nitrogens with zero attached hydrogens (tertiary/aromatic N) is 6. The molecule has 13 heteroatoms. The third-order valence-corrected chi connectivity index (χ3v) is 7.29. The third-order valence-electron chi connectivity index (χ3n) is 7.29. The van der Waals surface area contributed by atoms with Gasteiger partial charge in [-0.05, 0) is 38.0 Å². The van der Waals surface area contributed by atoms with Crippen LogP contribution in [0.25, 0.3) is 22.2 Å². The second kappa shape index (κ2) is 8.90. The van der Waals surface area contributed by atoms with E-state index in [2.05, 4.69) is 15.0 Å². The Labute approximate surface area is 218 Å². The predicted molar refractivity (Wildman–Crippen MR) is 133 cm³/mol. The minimum Gasteiger partial charge on any atom is -0.382 e. The summed E-state index contributed by atoms with van der Waals surface area (Å²) in [4.78, 5) is 28.3. The quantitative estimate of drug-likeness (QED) is 0.331. The summed E-state index contributed by atoms with van der Waals surface area (Å²) in [6.07, 6.45) is 0.470. The molecule has 1 aromatic carbocycles. The average Bonchev–Trinajstić information content (AvgIpc) is 3.45. The van der Waals surface area contributed by atoms with E-state index in [0.29, 0.717) is 40.9 Å². The number of carbonyl (C=O) groups is 1. The number of hydrogen-bond donors (Lipinski definition) is 1. The summed E-state index contributed by atoms with van der Waals surface area (Å²) in [7, 11) is 1.54. The van der Waals surface area contributed by atoms with Crippen LogP contribution in [0.1, 0.15) is 40.2 Å². The van der Waals surface area contributed by atoms with E-state index in [1.807, 2.05) is 0 Å². The van der Waals surface area contributed by atoms with Crippen LogP contribution < -0.4 is 5.73 Å². The van der Waals surface area contributed by atoms with Gasteiger partial charge in [0.1, 0.15) is 29.1 Å². The first-order chi connectivity index (χ1) is 18.5. The fourth-order valence-electron chi connectivity index (χ4n) is 5.15. The summed E-state index contributed by atoms with van der Waals surface area (Å²) in [5, 5.41) is 0. The van der Waals surface area contributed by atoms with Crippen LogP contribution in [0.15, 0.2) is 43.0 Å². The van der Waals surface area contributed by atoms with Gasteiger partial charge in [-0.25, -0.2) is 19.3 Å². The maximum absolute atomic E-state index is 15.4. The molecule has 2 N–H and O–H groups in total. The zero-order valence-electron chi connectivity index (χ0n) is 20.9. The second-order valence-corrected chi connectivity index (χ2v) is 9.63. The lowest BCUT2D eigenvalue weighted by atomic mass is 9.87. The monoisotopic (exact) mass is 541 g/mol. The smallest absolute Gasteiger partial charge is 0.382 e. The first-order valence-corrected chi connectivity index (χ1v) is 12.2. The molecule has 4 heterocycles. The van der Waals surface area contributed by atoms with Crippen molar-refractivity contribution in [2.24, 2.45) is 0 Å². The maximum atomic E-state index is 15.4. The molecule has 0 radical (unpaired) electrons. The van der Waals surface area contributed by atoms with Crippen LogP contribution in [0.3, 0.4) is 0 Å². The number of carbonyl (C=O) groups excluding carboxylic acids is 1. The number of benzene rings is 1. The van der Waals surface area contributed by atoms with Gasteiger partial charge in [0.25, 0.3) is 5.91 Å². The van der Waals surface area contributed by atoms with E-state index in [9.17, 15) is 18.0 Å². The Balaban J connectivity index is 1.41. The number of anilines is 1. The number of pyridine rings is 1. The molecule has 0 spiro atoms. The van der Waals surface area contributed by atoms with Gasteiger partial charge in [0, 0.05) is 25.6 Å². The predicted octanol–water partition coefficient (Wildman–Crippen LogP) is 4.40. The number of nitrogens with two attached hydrogens (primary N) is 1. The van der Waals surface area contributed by atoms with Gasteiger partial charge in [-0.2, -0.15) is 13.2 Å². The molecule has 0 saturated heterocycles. The highest BCUT2D eigenvalue weighted by atomic mass is 19.4. The van der Waals surface area contributed by atoms with E-state index in [1.165, 1.54) is 41.1 Å². The highest BCUT2D eigenvalue weighted by Gasteiger charge is 2.39. The Morgan fingerprint density at radius 3 is 2.69 bits per heavy atom. The Hall–Kier alpha value is -4.26. The SMILES string of the molecule is COC1CCC1N(Cc1cn2cc(C(F)(F)F)ccc2n1)C(=O)c1cc2c(cc1F)nc(N)c1c(C)ncn12. The number of rotatable bonds is 5. The number of nitrogen functional groups attached to an aromatic ring is 1. The van der Waals surface area contributed by atoms with Gasteiger partial charge in [0.15, 0.2) is 0 Å². The number of methoxy groups -OCH3 is 1. The van der Waals surface area contributed by atoms with Crippen molar-refractivity contribution in [1.82, 2.24) is 28.7 Å². The first kappa shape index (κ1) is 25.0. The number of aromatic nitrogens is 5. The molecule has 1 aliphatic rings. The summed E-state index contributed by atoms with van der Waals surface area (Å²) in [5.41, 5.74) is 7.61. The molecule has 1 aliphatic carbocycles. The zero-order valence-corrected chi connectivity index (χ0v) is 20.9. The largest absolute Gasteiger partial charge is 0.417 e. The number of fused-ring (bicyclic) bond motifs is 4. The van der Waals surface area contributed by atoms with Crippen LogP contribution in [0.2, 0.25) is 0 Å². The van der Waals surface area contributed by atoms with Gasteiger partial charge < -0.3 is 19.8 Å². The summed E-state index contributed by atoms with van der Waals surface area (Å²) >= 11 is 0. The van der Waals surface area contributed by atoms with Gasteiger partial charge >= 0.3 is 6.18 Å². The van der Waals surface area contributed by atoms with Gasteiger partial charge in [0.2, 0.25) is 0 Å². The molecule has 2 atom stereocenters. The van der Waals surface area contributed by atoms with E-state index < -0.39 is 23.5 Å². The van der Waals surface area contributed by atoms with Crippen molar-refractivity contribution in [1.29, 1.82) is 0 Å². The zero-order chi connectivity index (χ0) is 27.6. The van der Waals surface area contributed by atoms with E-state index in [-0.39, 0.29) is 35.6 Å². The standard InChI is InChI=1S/C26H23F4N7O2/c1-13-23-24(31)34-18-8-17(27)16(7-20(18)37(23)12-32-13)25(38)36(19-4-5-21(19)39-2)11-15-10-35-9-14(26(28,29)30)3-6-22(35)33-15/h3,6-10,12,19,21H,4-5,11H2,1-2H3,(H2,31,34). The lowest BCUT2D eigenvalue weighted by molar-refractivity contribution is -0.137. The van der Waals surface area contributed by atoms with Gasteiger partial charge in [-0.15, -0.1) is 0 Å². The van der Waals surface area contributed by atoms with Gasteiger partial charge in [-0.1, -0.05) is 0 Å². The van der Waals surface area contributed by atoms with Crippen molar-refractivity contribution >= 4 is 33.9 Å². The van der Waals surface area contributed by atoms with Crippen molar-refractivity contribution < 1.29 is 27.1 Å². The molecule has 0 aliphatic heterocycles. The number of halogens is 4. The Bertz CT molecular complexity index is 1760. The summed E-state index contributed by atoms with van der Waals surface area (Å²) < 4.78 is 63.4. The molecule has 0 bridgehead atoms. The van der Waals surface area contributed by atoms with E-state index in [0.717, 1.165) is 18.3 Å². The molecule has 1 amide bonds. The van der Waals surface area contributed by atoms with Crippen LogP contribution in [-0.2, 0) is 17.5 Å². The normalized spacial score (nSPS) is 17.7. The van der Waals surface area contributed by atoms with Crippen LogP contribution in [0.4, 0.5) is 23.4 Å². The van der Waals surface area contributed by atoms with Crippen molar-refractivity contribution in [2.75, 3.05) is 12.8 Å². The molecule has 5 aromatic rings. The average molecular weight is 542 g/mol. The van der Waals surface area contributed by atoms with Gasteiger partial charge in [0.05, 0.1) is 52.2 Å². The fourth-order valence-corrected chi connectivity index (χ4v) is 5.15. The molecule has 4 aromatic heterocycles. The lowest BCUT2D eigenvalue weighted by Crippen LogP contribution is -2.53. The molecule has 1 fully saturated rings. The number of ether oxygens (including phenoxy) is 1. The molecular weight excluding hydrogens is 518 g/mol. The fraction of sp³-hybridized carbons (Fsp3) is 0.308. The van der Waals surface area contributed by atoms with Crippen LogP contribution in [0, 0.1) is 12.7 Å².